The van der Waals surface area contributed by atoms with Crippen LogP contribution in [0.2, 0.25) is 15.1 Å². The number of halogens is 3. The van der Waals surface area contributed by atoms with E-state index in [0.29, 0.717) is 10.7 Å². The van der Waals surface area contributed by atoms with Gasteiger partial charge in [0.25, 0.3) is 0 Å². The van der Waals surface area contributed by atoms with Gasteiger partial charge in [0.2, 0.25) is 15.9 Å². The minimum absolute atomic E-state index is 0.207. The molecule has 1 N–H and O–H groups in total. The molecule has 1 atom stereocenters. The van der Waals surface area contributed by atoms with Crippen LogP contribution < -0.4 is 9.62 Å². The van der Waals surface area contributed by atoms with Crippen LogP contribution in [-0.4, -0.2) is 26.6 Å². The van der Waals surface area contributed by atoms with Gasteiger partial charge < -0.3 is 5.32 Å². The smallest absolute Gasteiger partial charge is 0.247 e. The Kier molecular flexibility index (Phi) is 6.21. The lowest BCUT2D eigenvalue weighted by molar-refractivity contribution is -0.116. The fourth-order valence-corrected chi connectivity index (χ4v) is 4.05. The number of hydrogen-bond acceptors (Lipinski definition) is 3. The van der Waals surface area contributed by atoms with Crippen molar-refractivity contribution >= 4 is 62.1 Å². The van der Waals surface area contributed by atoms with Crippen molar-refractivity contribution in [1.29, 1.82) is 0 Å². The number of rotatable bonds is 5. The molecule has 0 aliphatic carbocycles. The first-order valence-corrected chi connectivity index (χ1v) is 10.1. The van der Waals surface area contributed by atoms with Gasteiger partial charge in [0, 0.05) is 20.8 Å². The van der Waals surface area contributed by atoms with E-state index < -0.39 is 22.0 Å². The van der Waals surface area contributed by atoms with Gasteiger partial charge in [-0.1, -0.05) is 34.8 Å². The molecule has 0 radical (unpaired) electrons. The van der Waals surface area contributed by atoms with Crippen LogP contribution >= 0.6 is 34.8 Å². The topological polar surface area (TPSA) is 66.5 Å². The van der Waals surface area contributed by atoms with E-state index in [1.165, 1.54) is 25.1 Å². The molecule has 0 bridgehead atoms. The summed E-state index contributed by atoms with van der Waals surface area (Å²) >= 11 is 17.7. The first-order chi connectivity index (χ1) is 11.6. The van der Waals surface area contributed by atoms with E-state index in [4.69, 9.17) is 34.8 Å². The molecule has 134 valence electrons. The number of anilines is 2. The second-order valence-corrected chi connectivity index (χ2v) is 8.53. The summed E-state index contributed by atoms with van der Waals surface area (Å²) in [6.45, 7) is 1.47. The van der Waals surface area contributed by atoms with Crippen molar-refractivity contribution in [2.75, 3.05) is 15.9 Å². The van der Waals surface area contributed by atoms with Gasteiger partial charge in [0.05, 0.1) is 11.9 Å². The van der Waals surface area contributed by atoms with Crippen LogP contribution in [0, 0.1) is 0 Å². The van der Waals surface area contributed by atoms with E-state index >= 15 is 0 Å². The van der Waals surface area contributed by atoms with Gasteiger partial charge in [-0.2, -0.15) is 0 Å². The van der Waals surface area contributed by atoms with Gasteiger partial charge in [-0.3, -0.25) is 9.10 Å². The molecule has 0 fully saturated rings. The SMILES string of the molecule is C[C@@H](C(=O)Nc1ccc(Cl)cc1)N(c1cc(Cl)cc(Cl)c1)S(C)(=O)=O. The van der Waals surface area contributed by atoms with Crippen molar-refractivity contribution in [3.05, 3.63) is 57.5 Å². The van der Waals surface area contributed by atoms with Crippen LogP contribution in [0.4, 0.5) is 11.4 Å². The van der Waals surface area contributed by atoms with Gasteiger partial charge in [0.1, 0.15) is 6.04 Å². The lowest BCUT2D eigenvalue weighted by Gasteiger charge is -2.28. The lowest BCUT2D eigenvalue weighted by atomic mass is 10.2. The Balaban J connectivity index is 2.34. The van der Waals surface area contributed by atoms with Crippen molar-refractivity contribution in [2.45, 2.75) is 13.0 Å². The van der Waals surface area contributed by atoms with E-state index in [9.17, 15) is 13.2 Å². The molecule has 0 aliphatic heterocycles. The Labute approximate surface area is 161 Å². The Hall–Kier alpha value is -1.47. The Morgan fingerprint density at radius 3 is 2.00 bits per heavy atom. The zero-order valence-electron chi connectivity index (χ0n) is 13.3. The van der Waals surface area contributed by atoms with Crippen molar-refractivity contribution in [2.24, 2.45) is 0 Å². The average Bonchev–Trinajstić information content (AvgIpc) is 2.47. The minimum atomic E-state index is -3.76. The summed E-state index contributed by atoms with van der Waals surface area (Å²) in [7, 11) is -3.76. The third-order valence-corrected chi connectivity index (χ3v) is 5.23. The fourth-order valence-electron chi connectivity index (χ4n) is 2.26. The zero-order valence-corrected chi connectivity index (χ0v) is 16.4. The summed E-state index contributed by atoms with van der Waals surface area (Å²) in [5, 5.41) is 3.71. The second kappa shape index (κ2) is 7.83. The van der Waals surface area contributed by atoms with Crippen molar-refractivity contribution in [3.8, 4) is 0 Å². The molecule has 2 rings (SSSR count). The number of carbonyl (C=O) groups is 1. The lowest BCUT2D eigenvalue weighted by Crippen LogP contribution is -2.45. The van der Waals surface area contributed by atoms with Crippen molar-refractivity contribution < 1.29 is 13.2 Å². The third kappa shape index (κ3) is 5.25. The highest BCUT2D eigenvalue weighted by Gasteiger charge is 2.29. The van der Waals surface area contributed by atoms with Gasteiger partial charge in [-0.25, -0.2) is 8.42 Å². The Bertz CT molecular complexity index is 866. The standard InChI is InChI=1S/C16H15Cl3N2O3S/c1-10(16(22)20-14-5-3-11(17)4-6-14)21(25(2,23)24)15-8-12(18)7-13(19)9-15/h3-10H,1-2H3,(H,20,22)/t10-/m0/s1. The van der Waals surface area contributed by atoms with E-state index in [-0.39, 0.29) is 15.7 Å². The predicted octanol–water partition coefficient (Wildman–Crippen LogP) is 4.44. The van der Waals surface area contributed by atoms with Crippen LogP contribution in [0.15, 0.2) is 42.5 Å². The van der Waals surface area contributed by atoms with Crippen LogP contribution in [0.5, 0.6) is 0 Å². The molecule has 5 nitrogen and oxygen atoms in total. The van der Waals surface area contributed by atoms with Crippen LogP contribution in [-0.2, 0) is 14.8 Å². The van der Waals surface area contributed by atoms with Crippen LogP contribution in [0.3, 0.4) is 0 Å². The molecule has 0 heterocycles. The summed E-state index contributed by atoms with van der Waals surface area (Å²) in [5.41, 5.74) is 0.706. The Morgan fingerprint density at radius 1 is 1.00 bits per heavy atom. The molecule has 0 unspecified atom stereocenters. The van der Waals surface area contributed by atoms with Crippen LogP contribution in [0.25, 0.3) is 0 Å². The second-order valence-electron chi connectivity index (χ2n) is 5.36. The maximum absolute atomic E-state index is 12.5. The number of hydrogen-bond donors (Lipinski definition) is 1. The first kappa shape index (κ1) is 19.8. The summed E-state index contributed by atoms with van der Waals surface area (Å²) in [6.07, 6.45) is 1.01. The van der Waals surface area contributed by atoms with E-state index in [0.717, 1.165) is 10.6 Å². The molecule has 1 amide bonds. The third-order valence-electron chi connectivity index (χ3n) is 3.30. The quantitative estimate of drug-likeness (QED) is 0.776. The molecule has 0 spiro atoms. The molecule has 0 saturated carbocycles. The zero-order chi connectivity index (χ0) is 18.8. The highest BCUT2D eigenvalue weighted by molar-refractivity contribution is 7.92. The number of nitrogens with one attached hydrogen (secondary N) is 1. The number of nitrogens with zero attached hydrogens (tertiary/aromatic N) is 1. The molecule has 9 heteroatoms. The van der Waals surface area contributed by atoms with Gasteiger partial charge in [0.15, 0.2) is 0 Å². The summed E-state index contributed by atoms with van der Waals surface area (Å²) in [5.74, 6) is -0.510. The maximum Gasteiger partial charge on any atom is 0.247 e. The Morgan fingerprint density at radius 2 is 1.52 bits per heavy atom. The molecule has 25 heavy (non-hydrogen) atoms. The van der Waals surface area contributed by atoms with E-state index in [1.54, 1.807) is 24.3 Å². The number of amides is 1. The molecule has 0 saturated heterocycles. The number of benzene rings is 2. The molecule has 0 aliphatic rings. The average molecular weight is 422 g/mol. The largest absolute Gasteiger partial charge is 0.324 e. The van der Waals surface area contributed by atoms with Crippen molar-refractivity contribution in [3.63, 3.8) is 0 Å². The fraction of sp³-hybridized carbons (Fsp3) is 0.188. The van der Waals surface area contributed by atoms with Gasteiger partial charge >= 0.3 is 0 Å². The minimum Gasteiger partial charge on any atom is -0.324 e. The van der Waals surface area contributed by atoms with Crippen LogP contribution in [0.1, 0.15) is 6.92 Å². The number of carbonyl (C=O) groups excluding carboxylic acids is 1. The summed E-state index contributed by atoms with van der Waals surface area (Å²) in [4.78, 5) is 12.5. The first-order valence-electron chi connectivity index (χ1n) is 7.10. The molecule has 0 aromatic heterocycles. The molecular formula is C16H15Cl3N2O3S. The van der Waals surface area contributed by atoms with E-state index in [2.05, 4.69) is 5.32 Å². The number of sulfonamides is 1. The monoisotopic (exact) mass is 420 g/mol. The van der Waals surface area contributed by atoms with Gasteiger partial charge in [-0.15, -0.1) is 0 Å². The van der Waals surface area contributed by atoms with Crippen molar-refractivity contribution in [1.82, 2.24) is 0 Å². The highest BCUT2D eigenvalue weighted by Crippen LogP contribution is 2.29. The molecular weight excluding hydrogens is 407 g/mol. The normalized spacial score (nSPS) is 12.5. The highest BCUT2D eigenvalue weighted by atomic mass is 35.5. The van der Waals surface area contributed by atoms with Gasteiger partial charge in [-0.05, 0) is 49.4 Å². The van der Waals surface area contributed by atoms with E-state index in [1.807, 2.05) is 0 Å². The molecule has 2 aromatic rings. The predicted molar refractivity (Wildman–Crippen MR) is 103 cm³/mol. The molecule has 2 aromatic carbocycles. The summed E-state index contributed by atoms with van der Waals surface area (Å²) in [6, 6.07) is 9.79. The summed E-state index contributed by atoms with van der Waals surface area (Å²) < 4.78 is 25.4. The maximum atomic E-state index is 12.5.